The Morgan fingerprint density at radius 1 is 0.944 bits per heavy atom. The van der Waals surface area contributed by atoms with E-state index < -0.39 is 0 Å². The average molecular weight is 257 g/mol. The largest absolute Gasteiger partial charge is 0.327 e. The van der Waals surface area contributed by atoms with Crippen molar-refractivity contribution in [2.24, 2.45) is 5.73 Å². The Morgan fingerprint density at radius 3 is 2.17 bits per heavy atom. The van der Waals surface area contributed by atoms with Crippen LogP contribution in [0.2, 0.25) is 0 Å². The van der Waals surface area contributed by atoms with Gasteiger partial charge in [0.1, 0.15) is 0 Å². The zero-order valence-electron chi connectivity index (χ0n) is 10.7. The highest BCUT2D eigenvalue weighted by Gasteiger charge is 2.02. The maximum absolute atomic E-state index is 5.96. The summed E-state index contributed by atoms with van der Waals surface area (Å²) in [7, 11) is 0. The van der Waals surface area contributed by atoms with Gasteiger partial charge in [-0.05, 0) is 42.7 Å². The summed E-state index contributed by atoms with van der Waals surface area (Å²) < 4.78 is 0. The van der Waals surface area contributed by atoms with E-state index >= 15 is 0 Å². The molecule has 0 saturated carbocycles. The van der Waals surface area contributed by atoms with Crippen molar-refractivity contribution >= 4 is 11.8 Å². The first-order valence-electron chi connectivity index (χ1n) is 6.35. The van der Waals surface area contributed by atoms with Crippen LogP contribution in [-0.4, -0.2) is 6.04 Å². The molecule has 2 N–H and O–H groups in total. The fourth-order valence-corrected chi connectivity index (χ4v) is 2.60. The van der Waals surface area contributed by atoms with E-state index in [4.69, 9.17) is 5.73 Å². The lowest BCUT2D eigenvalue weighted by Gasteiger charge is -2.09. The number of hydrogen-bond donors (Lipinski definition) is 1. The van der Waals surface area contributed by atoms with Crippen molar-refractivity contribution in [2.75, 3.05) is 0 Å². The number of benzene rings is 2. The minimum absolute atomic E-state index is 0.276. The topological polar surface area (TPSA) is 26.0 Å². The van der Waals surface area contributed by atoms with Gasteiger partial charge in [-0.25, -0.2) is 0 Å². The molecule has 0 aliphatic rings. The van der Waals surface area contributed by atoms with Gasteiger partial charge in [0.15, 0.2) is 0 Å². The zero-order valence-corrected chi connectivity index (χ0v) is 11.5. The summed E-state index contributed by atoms with van der Waals surface area (Å²) in [6, 6.07) is 19.4. The average Bonchev–Trinajstić information content (AvgIpc) is 2.42. The molecule has 0 aromatic heterocycles. The second-order valence-corrected chi connectivity index (χ2v) is 5.58. The van der Waals surface area contributed by atoms with Gasteiger partial charge < -0.3 is 5.73 Å². The zero-order chi connectivity index (χ0) is 12.8. The molecule has 2 aromatic rings. The van der Waals surface area contributed by atoms with Crippen LogP contribution in [0.1, 0.15) is 18.9 Å². The summed E-state index contributed by atoms with van der Waals surface area (Å²) in [6.07, 6.45) is 1.99. The Bertz CT molecular complexity index is 464. The van der Waals surface area contributed by atoms with Crippen LogP contribution in [0, 0.1) is 0 Å². The molecule has 0 saturated heterocycles. The molecule has 94 valence electrons. The SMILES string of the molecule is CCC(N)Cc1ccc(Sc2ccccc2)cc1. The molecule has 2 rings (SSSR count). The minimum Gasteiger partial charge on any atom is -0.327 e. The summed E-state index contributed by atoms with van der Waals surface area (Å²) >= 11 is 1.79. The molecule has 0 aliphatic heterocycles. The lowest BCUT2D eigenvalue weighted by atomic mass is 10.1. The van der Waals surface area contributed by atoms with Crippen molar-refractivity contribution in [1.29, 1.82) is 0 Å². The molecular weight excluding hydrogens is 238 g/mol. The number of hydrogen-bond acceptors (Lipinski definition) is 2. The van der Waals surface area contributed by atoms with Crippen LogP contribution in [0.5, 0.6) is 0 Å². The summed E-state index contributed by atoms with van der Waals surface area (Å²) in [5.74, 6) is 0. The normalized spacial score (nSPS) is 12.3. The maximum atomic E-state index is 5.96. The molecule has 0 aliphatic carbocycles. The molecule has 18 heavy (non-hydrogen) atoms. The van der Waals surface area contributed by atoms with Gasteiger partial charge in [0.25, 0.3) is 0 Å². The van der Waals surface area contributed by atoms with Gasteiger partial charge in [-0.15, -0.1) is 0 Å². The Balaban J connectivity index is 2.00. The predicted molar refractivity (Wildman–Crippen MR) is 79.0 cm³/mol. The monoisotopic (exact) mass is 257 g/mol. The van der Waals surface area contributed by atoms with E-state index in [0.29, 0.717) is 0 Å². The molecule has 1 nitrogen and oxygen atoms in total. The molecule has 0 amide bonds. The molecule has 0 bridgehead atoms. The van der Waals surface area contributed by atoms with Gasteiger partial charge in [-0.3, -0.25) is 0 Å². The molecular formula is C16H19NS. The van der Waals surface area contributed by atoms with Crippen molar-refractivity contribution in [1.82, 2.24) is 0 Å². The van der Waals surface area contributed by atoms with Gasteiger partial charge in [-0.2, -0.15) is 0 Å². The third-order valence-electron chi connectivity index (χ3n) is 2.92. The van der Waals surface area contributed by atoms with Crippen LogP contribution in [-0.2, 0) is 6.42 Å². The van der Waals surface area contributed by atoms with Crippen molar-refractivity contribution < 1.29 is 0 Å². The third-order valence-corrected chi connectivity index (χ3v) is 3.94. The van der Waals surface area contributed by atoms with Crippen LogP contribution in [0.25, 0.3) is 0 Å². The van der Waals surface area contributed by atoms with Gasteiger partial charge in [0, 0.05) is 15.8 Å². The van der Waals surface area contributed by atoms with Crippen molar-refractivity contribution in [3.63, 3.8) is 0 Å². The smallest absolute Gasteiger partial charge is 0.0122 e. The summed E-state index contributed by atoms with van der Waals surface area (Å²) in [4.78, 5) is 2.55. The Kier molecular flexibility index (Phi) is 4.85. The second kappa shape index (κ2) is 6.62. The second-order valence-electron chi connectivity index (χ2n) is 4.43. The molecule has 1 unspecified atom stereocenters. The Hall–Kier alpha value is -1.25. The van der Waals surface area contributed by atoms with Crippen LogP contribution < -0.4 is 5.73 Å². The molecule has 0 spiro atoms. The quantitative estimate of drug-likeness (QED) is 0.872. The highest BCUT2D eigenvalue weighted by molar-refractivity contribution is 7.99. The maximum Gasteiger partial charge on any atom is 0.0122 e. The van der Waals surface area contributed by atoms with Crippen molar-refractivity contribution in [2.45, 2.75) is 35.6 Å². The van der Waals surface area contributed by atoms with Gasteiger partial charge >= 0.3 is 0 Å². The van der Waals surface area contributed by atoms with E-state index in [-0.39, 0.29) is 6.04 Å². The standard InChI is InChI=1S/C16H19NS/c1-2-14(17)12-13-8-10-16(11-9-13)18-15-6-4-3-5-7-15/h3-11,14H,2,12,17H2,1H3. The Labute approximate surface area is 113 Å². The van der Waals surface area contributed by atoms with Crippen molar-refractivity contribution in [3.8, 4) is 0 Å². The molecule has 2 heteroatoms. The third kappa shape index (κ3) is 3.90. The first-order valence-corrected chi connectivity index (χ1v) is 7.17. The fourth-order valence-electron chi connectivity index (χ4n) is 1.77. The van der Waals surface area contributed by atoms with Gasteiger partial charge in [0.05, 0.1) is 0 Å². The first-order chi connectivity index (χ1) is 8.78. The molecule has 0 heterocycles. The summed E-state index contributed by atoms with van der Waals surface area (Å²) in [5.41, 5.74) is 7.28. The lowest BCUT2D eigenvalue weighted by Crippen LogP contribution is -2.21. The minimum atomic E-state index is 0.276. The van der Waals surface area contributed by atoms with Crippen LogP contribution in [0.3, 0.4) is 0 Å². The summed E-state index contributed by atoms with van der Waals surface area (Å²) in [6.45, 7) is 2.13. The van der Waals surface area contributed by atoms with Crippen LogP contribution in [0.4, 0.5) is 0 Å². The van der Waals surface area contributed by atoms with E-state index in [1.54, 1.807) is 11.8 Å². The molecule has 0 radical (unpaired) electrons. The van der Waals surface area contributed by atoms with E-state index in [1.165, 1.54) is 15.4 Å². The van der Waals surface area contributed by atoms with Crippen molar-refractivity contribution in [3.05, 3.63) is 60.2 Å². The fraction of sp³-hybridized carbons (Fsp3) is 0.250. The molecule has 1 atom stereocenters. The predicted octanol–water partition coefficient (Wildman–Crippen LogP) is 4.12. The van der Waals surface area contributed by atoms with E-state index in [2.05, 4.69) is 55.5 Å². The van der Waals surface area contributed by atoms with Crippen LogP contribution >= 0.6 is 11.8 Å². The number of nitrogens with two attached hydrogens (primary N) is 1. The number of rotatable bonds is 5. The highest BCUT2D eigenvalue weighted by atomic mass is 32.2. The van der Waals surface area contributed by atoms with E-state index in [9.17, 15) is 0 Å². The lowest BCUT2D eigenvalue weighted by molar-refractivity contribution is 0.646. The highest BCUT2D eigenvalue weighted by Crippen LogP contribution is 2.27. The van der Waals surface area contributed by atoms with Gasteiger partial charge in [0.2, 0.25) is 0 Å². The first kappa shape index (κ1) is 13.2. The van der Waals surface area contributed by atoms with Gasteiger partial charge in [-0.1, -0.05) is 49.0 Å². The summed E-state index contributed by atoms with van der Waals surface area (Å²) in [5, 5.41) is 0. The Morgan fingerprint density at radius 2 is 1.56 bits per heavy atom. The van der Waals surface area contributed by atoms with E-state index in [1.807, 2.05) is 6.07 Å². The molecule has 2 aromatic carbocycles. The van der Waals surface area contributed by atoms with Crippen LogP contribution in [0.15, 0.2) is 64.4 Å². The van der Waals surface area contributed by atoms with E-state index in [0.717, 1.165) is 12.8 Å². The molecule has 0 fully saturated rings.